The van der Waals surface area contributed by atoms with Gasteiger partial charge in [0.15, 0.2) is 5.78 Å². The summed E-state index contributed by atoms with van der Waals surface area (Å²) in [4.78, 5) is 29.1. The average molecular weight is 569 g/mol. The Bertz CT molecular complexity index is 1440. The molecule has 4 aliphatic rings. The van der Waals surface area contributed by atoms with Crippen LogP contribution in [0.4, 0.5) is 0 Å². The number of amides is 1. The summed E-state index contributed by atoms with van der Waals surface area (Å²) in [6.45, 7) is 13.3. The Balaban J connectivity index is 1.58. The predicted molar refractivity (Wildman–Crippen MR) is 171 cm³/mol. The molecule has 0 spiro atoms. The number of carbonyl (C=O) groups is 2. The maximum absolute atomic E-state index is 14.5. The number of hydrogen-bond donors (Lipinski definition) is 0. The first-order valence-corrected chi connectivity index (χ1v) is 16.4. The molecule has 1 amide bonds. The highest BCUT2D eigenvalue weighted by Gasteiger charge is 2.63. The molecule has 0 N–H and O–H groups in total. The zero-order valence-corrected chi connectivity index (χ0v) is 26.0. The number of ketones is 1. The smallest absolute Gasteiger partial charge is 0.231 e. The minimum absolute atomic E-state index is 0.0867. The summed E-state index contributed by atoms with van der Waals surface area (Å²) in [5.74, 6) is 1.04. The molecule has 1 aromatic heterocycles. The summed E-state index contributed by atoms with van der Waals surface area (Å²) in [5.41, 5.74) is 7.90. The molecule has 224 valence electrons. The standard InChI is InChI=1S/C37H48N2O3/c1-5-27-21-30(20-25(2)3)32-23-37(32,36(41)38-16-18-42-19-17-38)24-39-33-22-29(26(4)40)14-15-31(33)34(35(27)39)28-12-10-8-6-7-9-11-13-28/h5,14-15,20,22,28,32H,2,6-13,16-19,21,23-24H2,1,3-4H3/b27-5+,30-20+. The maximum Gasteiger partial charge on any atom is 0.231 e. The number of morpholine rings is 1. The van der Waals surface area contributed by atoms with E-state index >= 15 is 0 Å². The highest BCUT2D eigenvalue weighted by Crippen LogP contribution is 2.62. The summed E-state index contributed by atoms with van der Waals surface area (Å²) in [6, 6.07) is 6.35. The highest BCUT2D eigenvalue weighted by atomic mass is 16.5. The third-order valence-electron chi connectivity index (χ3n) is 10.4. The molecule has 3 heterocycles. The molecule has 1 saturated heterocycles. The molecule has 0 radical (unpaired) electrons. The Morgan fingerprint density at radius 2 is 1.71 bits per heavy atom. The summed E-state index contributed by atoms with van der Waals surface area (Å²) in [6.07, 6.45) is 16.5. The average Bonchev–Trinajstić information content (AvgIpc) is 3.58. The van der Waals surface area contributed by atoms with Crippen LogP contribution >= 0.6 is 0 Å². The quantitative estimate of drug-likeness (QED) is 0.349. The van der Waals surface area contributed by atoms with Crippen molar-refractivity contribution in [1.82, 2.24) is 9.47 Å². The first-order valence-electron chi connectivity index (χ1n) is 16.4. The van der Waals surface area contributed by atoms with Gasteiger partial charge in [0.2, 0.25) is 5.91 Å². The van der Waals surface area contributed by atoms with Crippen LogP contribution in [-0.4, -0.2) is 47.5 Å². The van der Waals surface area contributed by atoms with Crippen molar-refractivity contribution in [2.75, 3.05) is 26.3 Å². The van der Waals surface area contributed by atoms with Crippen LogP contribution in [0.2, 0.25) is 0 Å². The van der Waals surface area contributed by atoms with Gasteiger partial charge < -0.3 is 14.2 Å². The molecule has 2 unspecified atom stereocenters. The van der Waals surface area contributed by atoms with Gasteiger partial charge in [0.05, 0.1) is 18.6 Å². The fourth-order valence-corrected chi connectivity index (χ4v) is 8.21. The Morgan fingerprint density at radius 3 is 2.36 bits per heavy atom. The number of aromatic nitrogens is 1. The van der Waals surface area contributed by atoms with Crippen molar-refractivity contribution in [1.29, 1.82) is 0 Å². The number of carbonyl (C=O) groups excluding carboxylic acids is 2. The van der Waals surface area contributed by atoms with Crippen molar-refractivity contribution in [2.24, 2.45) is 11.3 Å². The molecule has 6 rings (SSSR count). The summed E-state index contributed by atoms with van der Waals surface area (Å²) >= 11 is 0. The summed E-state index contributed by atoms with van der Waals surface area (Å²) in [7, 11) is 0. The van der Waals surface area contributed by atoms with Gasteiger partial charge in [-0.2, -0.15) is 0 Å². The number of hydrogen-bond acceptors (Lipinski definition) is 3. The van der Waals surface area contributed by atoms with E-state index in [-0.39, 0.29) is 17.6 Å². The van der Waals surface area contributed by atoms with Gasteiger partial charge in [-0.25, -0.2) is 0 Å². The SMILES string of the molecule is C=C(C)/C=C1\C/C(=C\C)c2c(C3CCCCCCCC3)c3ccc(C(C)=O)cc3n2CC2(C(=O)N3CCOCC3)CC12. The number of fused-ring (bicyclic) bond motifs is 4. The van der Waals surface area contributed by atoms with E-state index in [1.807, 2.05) is 11.0 Å². The molecule has 0 bridgehead atoms. The molecular weight excluding hydrogens is 520 g/mol. The van der Waals surface area contributed by atoms with E-state index in [1.54, 1.807) is 6.92 Å². The van der Waals surface area contributed by atoms with Crippen molar-refractivity contribution >= 4 is 28.2 Å². The van der Waals surface area contributed by atoms with Crippen LogP contribution in [0.1, 0.15) is 113 Å². The minimum Gasteiger partial charge on any atom is -0.378 e. The Hall–Kier alpha value is -2.92. The monoisotopic (exact) mass is 568 g/mol. The van der Waals surface area contributed by atoms with Gasteiger partial charge in [-0.05, 0) is 75.5 Å². The van der Waals surface area contributed by atoms with Crippen LogP contribution in [0, 0.1) is 11.3 Å². The second kappa shape index (κ2) is 12.0. The number of Topliss-reactive ketones (excluding diaryl/α,β-unsaturated/α-hetero) is 1. The number of nitrogens with zero attached hydrogens (tertiary/aromatic N) is 2. The molecule has 1 aromatic carbocycles. The lowest BCUT2D eigenvalue weighted by atomic mass is 9.83. The Labute approximate surface area is 251 Å². The van der Waals surface area contributed by atoms with Crippen LogP contribution in [0.25, 0.3) is 16.5 Å². The van der Waals surface area contributed by atoms with Crippen molar-refractivity contribution in [3.8, 4) is 0 Å². The van der Waals surface area contributed by atoms with E-state index < -0.39 is 5.41 Å². The van der Waals surface area contributed by atoms with E-state index in [9.17, 15) is 9.59 Å². The highest BCUT2D eigenvalue weighted by molar-refractivity contribution is 6.00. The lowest BCUT2D eigenvalue weighted by Crippen LogP contribution is -2.46. The van der Waals surface area contributed by atoms with E-state index in [2.05, 4.69) is 49.3 Å². The summed E-state index contributed by atoms with van der Waals surface area (Å²) in [5, 5.41) is 1.28. The molecule has 2 aliphatic carbocycles. The van der Waals surface area contributed by atoms with Gasteiger partial charge in [0.25, 0.3) is 0 Å². The van der Waals surface area contributed by atoms with Crippen LogP contribution in [0.5, 0.6) is 0 Å². The zero-order valence-electron chi connectivity index (χ0n) is 26.0. The van der Waals surface area contributed by atoms with Crippen LogP contribution in [0.15, 0.2) is 48.1 Å². The van der Waals surface area contributed by atoms with E-state index in [0.29, 0.717) is 38.8 Å². The molecule has 2 aromatic rings. The zero-order chi connectivity index (χ0) is 29.4. The normalized spacial score (nSPS) is 27.4. The van der Waals surface area contributed by atoms with Crippen molar-refractivity contribution < 1.29 is 14.3 Å². The molecule has 42 heavy (non-hydrogen) atoms. The van der Waals surface area contributed by atoms with Crippen molar-refractivity contribution in [2.45, 2.75) is 97.4 Å². The van der Waals surface area contributed by atoms with E-state index in [1.165, 1.54) is 79.2 Å². The van der Waals surface area contributed by atoms with Gasteiger partial charge in [0, 0.05) is 41.8 Å². The van der Waals surface area contributed by atoms with Gasteiger partial charge in [0.1, 0.15) is 0 Å². The summed E-state index contributed by atoms with van der Waals surface area (Å²) < 4.78 is 8.10. The first kappa shape index (κ1) is 29.2. The second-order valence-corrected chi connectivity index (χ2v) is 13.4. The van der Waals surface area contributed by atoms with Crippen LogP contribution in [0.3, 0.4) is 0 Å². The van der Waals surface area contributed by atoms with E-state index in [4.69, 9.17) is 4.74 Å². The molecule has 5 nitrogen and oxygen atoms in total. The van der Waals surface area contributed by atoms with Crippen LogP contribution < -0.4 is 0 Å². The Morgan fingerprint density at radius 1 is 1.02 bits per heavy atom. The fourth-order valence-electron chi connectivity index (χ4n) is 8.21. The second-order valence-electron chi connectivity index (χ2n) is 13.4. The first-order chi connectivity index (χ1) is 20.3. The third-order valence-corrected chi connectivity index (χ3v) is 10.4. The molecule has 2 atom stereocenters. The van der Waals surface area contributed by atoms with Gasteiger partial charge in [-0.1, -0.05) is 80.5 Å². The number of rotatable bonds is 4. The van der Waals surface area contributed by atoms with Crippen LogP contribution in [-0.2, 0) is 16.1 Å². The molecule has 5 heteroatoms. The molecule has 3 fully saturated rings. The topological polar surface area (TPSA) is 51.5 Å². The largest absolute Gasteiger partial charge is 0.378 e. The third kappa shape index (κ3) is 5.34. The van der Waals surface area contributed by atoms with Crippen molar-refractivity contribution in [3.05, 3.63) is 64.9 Å². The molecule has 2 saturated carbocycles. The lowest BCUT2D eigenvalue weighted by molar-refractivity contribution is -0.142. The molecule has 2 aliphatic heterocycles. The molecular formula is C37H48N2O3. The van der Waals surface area contributed by atoms with Gasteiger partial charge in [-0.3, -0.25) is 9.59 Å². The number of allylic oxidation sites excluding steroid dienone is 5. The fraction of sp³-hybridized carbons (Fsp3) is 0.568. The predicted octanol–water partition coefficient (Wildman–Crippen LogP) is 8.24. The van der Waals surface area contributed by atoms with Crippen molar-refractivity contribution in [3.63, 3.8) is 0 Å². The van der Waals surface area contributed by atoms with Gasteiger partial charge >= 0.3 is 0 Å². The number of ether oxygens (including phenoxy) is 1. The maximum atomic E-state index is 14.5. The van der Waals surface area contributed by atoms with Gasteiger partial charge in [-0.15, -0.1) is 0 Å². The lowest BCUT2D eigenvalue weighted by Gasteiger charge is -2.33. The Kier molecular flexibility index (Phi) is 8.33. The van der Waals surface area contributed by atoms with E-state index in [0.717, 1.165) is 29.5 Å². The minimum atomic E-state index is -0.472. The number of benzene rings is 1.